The largest absolute Gasteiger partial charge is 0.454 e. The van der Waals surface area contributed by atoms with E-state index in [0.29, 0.717) is 0 Å². The van der Waals surface area contributed by atoms with Gasteiger partial charge in [0.2, 0.25) is 6.10 Å². The van der Waals surface area contributed by atoms with Crippen LogP contribution in [0.5, 0.6) is 0 Å². The molecule has 3 aromatic carbocycles. The molecule has 0 spiro atoms. The van der Waals surface area contributed by atoms with Crippen LogP contribution in [0.15, 0.2) is 91.0 Å². The van der Waals surface area contributed by atoms with Gasteiger partial charge in [-0.05, 0) is 16.7 Å². The molecule has 1 fully saturated rings. The van der Waals surface area contributed by atoms with E-state index >= 15 is 0 Å². The Balaban J connectivity index is 1.76. The van der Waals surface area contributed by atoms with E-state index in [1.165, 1.54) is 13.8 Å². The van der Waals surface area contributed by atoms with Crippen molar-refractivity contribution in [2.75, 3.05) is 6.61 Å². The summed E-state index contributed by atoms with van der Waals surface area (Å²) in [5.74, 6) is -2.10. The number of benzene rings is 3. The van der Waals surface area contributed by atoms with Gasteiger partial charge in [0.15, 0.2) is 12.2 Å². The second kappa shape index (κ2) is 10.5. The highest BCUT2D eigenvalue weighted by Crippen LogP contribution is 2.41. The lowest BCUT2D eigenvalue weighted by Crippen LogP contribution is -2.42. The van der Waals surface area contributed by atoms with Gasteiger partial charge in [0.25, 0.3) is 0 Å². The Bertz CT molecular complexity index is 1070. The monoisotopic (exact) mass is 474 g/mol. The Labute approximate surface area is 203 Å². The standard InChI is InChI=1S/C28H26O7/c1-19(29)33-25-24(35-27(31)26(25)34-20(2)30)18-32-28(21-12-6-3-7-13-21,22-14-8-4-9-15-22)23-16-10-5-11-17-23/h3-17,24-26H,18H2,1-2H3/t24-,25-,26-/m1/s1. The van der Waals surface area contributed by atoms with Gasteiger partial charge in [0, 0.05) is 13.8 Å². The zero-order chi connectivity index (χ0) is 24.8. The average Bonchev–Trinajstić information content (AvgIpc) is 3.14. The molecule has 0 aromatic heterocycles. The van der Waals surface area contributed by atoms with E-state index in [4.69, 9.17) is 18.9 Å². The Morgan fingerprint density at radius 3 is 1.57 bits per heavy atom. The second-order valence-corrected chi connectivity index (χ2v) is 8.17. The number of hydrogen-bond donors (Lipinski definition) is 0. The van der Waals surface area contributed by atoms with E-state index < -0.39 is 41.8 Å². The van der Waals surface area contributed by atoms with Crippen molar-refractivity contribution in [3.8, 4) is 0 Å². The van der Waals surface area contributed by atoms with Gasteiger partial charge in [-0.2, -0.15) is 0 Å². The molecule has 180 valence electrons. The number of cyclic esters (lactones) is 1. The SMILES string of the molecule is CC(=O)O[C@@H]1[C@@H](COC(c2ccccc2)(c2ccccc2)c2ccccc2)OC(=O)[C@@H]1OC(C)=O. The minimum atomic E-state index is -1.36. The molecule has 4 rings (SSSR count). The predicted molar refractivity (Wildman–Crippen MR) is 126 cm³/mol. The van der Waals surface area contributed by atoms with Crippen molar-refractivity contribution < 1.29 is 33.3 Å². The maximum atomic E-state index is 12.5. The Morgan fingerprint density at radius 2 is 1.17 bits per heavy atom. The molecule has 0 amide bonds. The van der Waals surface area contributed by atoms with Gasteiger partial charge < -0.3 is 18.9 Å². The molecule has 7 nitrogen and oxygen atoms in total. The third-order valence-corrected chi connectivity index (χ3v) is 5.76. The van der Waals surface area contributed by atoms with Crippen molar-refractivity contribution in [3.05, 3.63) is 108 Å². The van der Waals surface area contributed by atoms with Crippen LogP contribution in [-0.2, 0) is 38.9 Å². The molecule has 0 aliphatic carbocycles. The highest BCUT2D eigenvalue weighted by Gasteiger charge is 2.51. The van der Waals surface area contributed by atoms with Gasteiger partial charge in [-0.1, -0.05) is 91.0 Å². The van der Waals surface area contributed by atoms with E-state index in [1.807, 2.05) is 91.0 Å². The molecule has 0 saturated carbocycles. The van der Waals surface area contributed by atoms with Crippen LogP contribution in [0.1, 0.15) is 30.5 Å². The molecule has 3 atom stereocenters. The molecule has 0 radical (unpaired) electrons. The van der Waals surface area contributed by atoms with Gasteiger partial charge in [-0.15, -0.1) is 0 Å². The Hall–Kier alpha value is -3.97. The summed E-state index contributed by atoms with van der Waals surface area (Å²) in [6.45, 7) is 2.26. The number of carbonyl (C=O) groups is 3. The van der Waals surface area contributed by atoms with Crippen molar-refractivity contribution in [2.45, 2.75) is 37.8 Å². The number of hydrogen-bond acceptors (Lipinski definition) is 7. The average molecular weight is 475 g/mol. The third kappa shape index (κ3) is 5.10. The first-order valence-electron chi connectivity index (χ1n) is 11.3. The quantitative estimate of drug-likeness (QED) is 0.279. The molecular weight excluding hydrogens is 448 g/mol. The summed E-state index contributed by atoms with van der Waals surface area (Å²) in [6.07, 6.45) is -3.47. The number of carbonyl (C=O) groups excluding carboxylic acids is 3. The molecule has 0 unspecified atom stereocenters. The fourth-order valence-electron chi connectivity index (χ4n) is 4.34. The molecular formula is C28H26O7. The first kappa shape index (κ1) is 24.2. The molecule has 35 heavy (non-hydrogen) atoms. The summed E-state index contributed by atoms with van der Waals surface area (Å²) in [7, 11) is 0. The molecule has 1 heterocycles. The highest BCUT2D eigenvalue weighted by molar-refractivity contribution is 5.82. The van der Waals surface area contributed by atoms with Crippen molar-refractivity contribution in [1.82, 2.24) is 0 Å². The maximum Gasteiger partial charge on any atom is 0.352 e. The molecule has 1 aliphatic heterocycles. The molecule has 1 aliphatic rings. The van der Waals surface area contributed by atoms with Crippen LogP contribution in [-0.4, -0.2) is 42.8 Å². The van der Waals surface area contributed by atoms with Gasteiger partial charge in [-0.25, -0.2) is 4.79 Å². The van der Waals surface area contributed by atoms with Crippen molar-refractivity contribution >= 4 is 17.9 Å². The summed E-state index contributed by atoms with van der Waals surface area (Å²) in [5, 5.41) is 0. The fraction of sp³-hybridized carbons (Fsp3) is 0.250. The topological polar surface area (TPSA) is 88.1 Å². The van der Waals surface area contributed by atoms with E-state index in [1.54, 1.807) is 0 Å². The van der Waals surface area contributed by atoms with Crippen LogP contribution in [0.25, 0.3) is 0 Å². The van der Waals surface area contributed by atoms with Crippen LogP contribution in [0.4, 0.5) is 0 Å². The van der Waals surface area contributed by atoms with Crippen LogP contribution in [0.3, 0.4) is 0 Å². The van der Waals surface area contributed by atoms with E-state index in [0.717, 1.165) is 16.7 Å². The smallest absolute Gasteiger partial charge is 0.352 e. The summed E-state index contributed by atoms with van der Waals surface area (Å²) in [6, 6.07) is 29.1. The van der Waals surface area contributed by atoms with Gasteiger partial charge in [0.1, 0.15) is 5.60 Å². The van der Waals surface area contributed by atoms with E-state index in [-0.39, 0.29) is 6.61 Å². The van der Waals surface area contributed by atoms with E-state index in [9.17, 15) is 14.4 Å². The lowest BCUT2D eigenvalue weighted by atomic mass is 9.80. The highest BCUT2D eigenvalue weighted by atomic mass is 16.7. The van der Waals surface area contributed by atoms with Crippen LogP contribution in [0.2, 0.25) is 0 Å². The number of ether oxygens (including phenoxy) is 4. The normalized spacial score (nSPS) is 19.6. The van der Waals surface area contributed by atoms with Crippen LogP contribution < -0.4 is 0 Å². The maximum absolute atomic E-state index is 12.5. The molecule has 0 N–H and O–H groups in total. The summed E-state index contributed by atoms with van der Waals surface area (Å²) < 4.78 is 22.6. The van der Waals surface area contributed by atoms with Crippen molar-refractivity contribution in [1.29, 1.82) is 0 Å². The summed E-state index contributed by atoms with van der Waals surface area (Å²) in [4.78, 5) is 35.8. The third-order valence-electron chi connectivity index (χ3n) is 5.76. The molecule has 1 saturated heterocycles. The van der Waals surface area contributed by atoms with E-state index in [2.05, 4.69) is 0 Å². The molecule has 3 aromatic rings. The minimum Gasteiger partial charge on any atom is -0.454 e. The lowest BCUT2D eigenvalue weighted by Gasteiger charge is -2.37. The second-order valence-electron chi connectivity index (χ2n) is 8.17. The Morgan fingerprint density at radius 1 is 0.743 bits per heavy atom. The minimum absolute atomic E-state index is 0.125. The summed E-state index contributed by atoms with van der Waals surface area (Å²) >= 11 is 0. The van der Waals surface area contributed by atoms with Crippen LogP contribution in [0, 0.1) is 0 Å². The fourth-order valence-corrected chi connectivity index (χ4v) is 4.34. The Kier molecular flexibility index (Phi) is 7.27. The van der Waals surface area contributed by atoms with Crippen LogP contribution >= 0.6 is 0 Å². The van der Waals surface area contributed by atoms with Gasteiger partial charge >= 0.3 is 17.9 Å². The zero-order valence-corrected chi connectivity index (χ0v) is 19.5. The first-order chi connectivity index (χ1) is 16.9. The van der Waals surface area contributed by atoms with Gasteiger partial charge in [0.05, 0.1) is 6.61 Å². The number of esters is 3. The molecule has 0 bridgehead atoms. The van der Waals surface area contributed by atoms with Crippen molar-refractivity contribution in [2.24, 2.45) is 0 Å². The first-order valence-corrected chi connectivity index (χ1v) is 11.3. The predicted octanol–water partition coefficient (Wildman–Crippen LogP) is 3.78. The van der Waals surface area contributed by atoms with Gasteiger partial charge in [-0.3, -0.25) is 9.59 Å². The summed E-state index contributed by atoms with van der Waals surface area (Å²) in [5.41, 5.74) is 1.53. The molecule has 7 heteroatoms. The van der Waals surface area contributed by atoms with Crippen molar-refractivity contribution in [3.63, 3.8) is 0 Å². The number of rotatable bonds is 8. The lowest BCUT2D eigenvalue weighted by molar-refractivity contribution is -0.166. The zero-order valence-electron chi connectivity index (χ0n) is 19.5.